The fraction of sp³-hybridized carbons (Fsp3) is 0.176. The average Bonchev–Trinajstić information content (AvgIpc) is 2.80. The number of carbonyl (C=O) groups excluding carboxylic acids is 1. The molecule has 3 aromatic rings. The summed E-state index contributed by atoms with van der Waals surface area (Å²) in [6.45, 7) is 2.22. The molecule has 2 aromatic carbocycles. The Morgan fingerprint density at radius 3 is 2.82 bits per heavy atom. The van der Waals surface area contributed by atoms with Crippen LogP contribution in [-0.4, -0.2) is 27.6 Å². The van der Waals surface area contributed by atoms with Crippen LogP contribution in [0.25, 0.3) is 16.6 Å². The summed E-state index contributed by atoms with van der Waals surface area (Å²) in [5.74, 6) is -0.417. The Kier molecular flexibility index (Phi) is 2.60. The van der Waals surface area contributed by atoms with Gasteiger partial charge in [0.15, 0.2) is 0 Å². The SMILES string of the molecule is Cc1cc2c3n(nc2cc1F)-c1ccccc1CN(C)C3=O. The summed E-state index contributed by atoms with van der Waals surface area (Å²) in [4.78, 5) is 14.4. The van der Waals surface area contributed by atoms with Crippen LogP contribution in [0.15, 0.2) is 36.4 Å². The third-order valence-corrected chi connectivity index (χ3v) is 4.13. The highest BCUT2D eigenvalue weighted by molar-refractivity contribution is 6.06. The molecule has 0 N–H and O–H groups in total. The Bertz CT molecular complexity index is 929. The third kappa shape index (κ3) is 1.68. The van der Waals surface area contributed by atoms with Gasteiger partial charge in [-0.15, -0.1) is 0 Å². The van der Waals surface area contributed by atoms with Crippen molar-refractivity contribution in [3.63, 3.8) is 0 Å². The number of carbonyl (C=O) groups is 1. The highest BCUT2D eigenvalue weighted by atomic mass is 19.1. The van der Waals surface area contributed by atoms with E-state index >= 15 is 0 Å². The molecule has 5 heteroatoms. The lowest BCUT2D eigenvalue weighted by molar-refractivity contribution is 0.0783. The van der Waals surface area contributed by atoms with Gasteiger partial charge >= 0.3 is 0 Å². The minimum atomic E-state index is -0.310. The fourth-order valence-electron chi connectivity index (χ4n) is 2.95. The van der Waals surface area contributed by atoms with E-state index < -0.39 is 0 Å². The van der Waals surface area contributed by atoms with Crippen LogP contribution in [0, 0.1) is 12.7 Å². The van der Waals surface area contributed by atoms with E-state index in [-0.39, 0.29) is 11.7 Å². The molecular formula is C17H14FN3O. The predicted octanol–water partition coefficient (Wildman–Crippen LogP) is 3.06. The van der Waals surface area contributed by atoms with Crippen molar-refractivity contribution in [3.8, 4) is 5.69 Å². The molecule has 1 amide bonds. The van der Waals surface area contributed by atoms with Crippen molar-refractivity contribution in [3.05, 3.63) is 59.0 Å². The van der Waals surface area contributed by atoms with Gasteiger partial charge < -0.3 is 4.90 Å². The second-order valence-corrected chi connectivity index (χ2v) is 5.67. The van der Waals surface area contributed by atoms with Gasteiger partial charge in [0.25, 0.3) is 5.91 Å². The van der Waals surface area contributed by atoms with Gasteiger partial charge in [-0.25, -0.2) is 9.07 Å². The third-order valence-electron chi connectivity index (χ3n) is 4.13. The molecule has 4 nitrogen and oxygen atoms in total. The molecule has 0 fully saturated rings. The van der Waals surface area contributed by atoms with Crippen molar-refractivity contribution in [1.82, 2.24) is 14.7 Å². The van der Waals surface area contributed by atoms with Crippen molar-refractivity contribution in [2.24, 2.45) is 0 Å². The second-order valence-electron chi connectivity index (χ2n) is 5.67. The lowest BCUT2D eigenvalue weighted by atomic mass is 10.1. The summed E-state index contributed by atoms with van der Waals surface area (Å²) < 4.78 is 15.5. The van der Waals surface area contributed by atoms with Gasteiger partial charge in [-0.1, -0.05) is 18.2 Å². The van der Waals surface area contributed by atoms with Gasteiger partial charge in [0.05, 0.1) is 11.2 Å². The number of amides is 1. The molecule has 2 heterocycles. The molecule has 0 spiro atoms. The Balaban J connectivity index is 2.14. The first kappa shape index (κ1) is 13.0. The van der Waals surface area contributed by atoms with Crippen molar-refractivity contribution >= 4 is 16.8 Å². The van der Waals surface area contributed by atoms with Crippen LogP contribution < -0.4 is 0 Å². The number of nitrogens with zero attached hydrogens (tertiary/aromatic N) is 3. The fourth-order valence-corrected chi connectivity index (χ4v) is 2.95. The Morgan fingerprint density at radius 2 is 2.00 bits per heavy atom. The molecule has 0 saturated heterocycles. The first-order chi connectivity index (χ1) is 10.6. The molecule has 110 valence electrons. The molecule has 1 aliphatic heterocycles. The number of halogens is 1. The molecule has 22 heavy (non-hydrogen) atoms. The van der Waals surface area contributed by atoms with E-state index in [0.717, 1.165) is 11.3 Å². The number of hydrogen-bond donors (Lipinski definition) is 0. The smallest absolute Gasteiger partial charge is 0.273 e. The number of para-hydroxylation sites is 1. The molecule has 1 aromatic heterocycles. The van der Waals surface area contributed by atoms with E-state index in [9.17, 15) is 9.18 Å². The Hall–Kier alpha value is -2.69. The van der Waals surface area contributed by atoms with E-state index in [2.05, 4.69) is 5.10 Å². The zero-order chi connectivity index (χ0) is 15.4. The summed E-state index contributed by atoms with van der Waals surface area (Å²) in [5, 5.41) is 5.16. The number of benzene rings is 2. The maximum absolute atomic E-state index is 13.8. The quantitative estimate of drug-likeness (QED) is 0.639. The molecule has 0 bridgehead atoms. The van der Waals surface area contributed by atoms with E-state index in [1.807, 2.05) is 24.3 Å². The number of aromatic nitrogens is 2. The average molecular weight is 295 g/mol. The molecule has 1 aliphatic rings. The molecule has 0 radical (unpaired) electrons. The van der Waals surface area contributed by atoms with Crippen molar-refractivity contribution in [1.29, 1.82) is 0 Å². The van der Waals surface area contributed by atoms with Crippen LogP contribution >= 0.6 is 0 Å². The first-order valence-corrected chi connectivity index (χ1v) is 7.09. The molecule has 0 atom stereocenters. The largest absolute Gasteiger partial charge is 0.336 e. The summed E-state index contributed by atoms with van der Waals surface area (Å²) in [5.41, 5.74) is 3.38. The lowest BCUT2D eigenvalue weighted by Crippen LogP contribution is -2.25. The van der Waals surface area contributed by atoms with E-state index in [1.54, 1.807) is 29.6 Å². The van der Waals surface area contributed by atoms with Crippen LogP contribution in [-0.2, 0) is 6.54 Å². The molecule has 0 unspecified atom stereocenters. The van der Waals surface area contributed by atoms with Gasteiger partial charge in [-0.05, 0) is 30.2 Å². The van der Waals surface area contributed by atoms with Crippen LogP contribution in [0.3, 0.4) is 0 Å². The maximum atomic E-state index is 13.8. The molecule has 0 aliphatic carbocycles. The number of aryl methyl sites for hydroxylation is 1. The topological polar surface area (TPSA) is 38.1 Å². The van der Waals surface area contributed by atoms with Gasteiger partial charge in [0, 0.05) is 25.0 Å². The van der Waals surface area contributed by atoms with Crippen LogP contribution in [0.1, 0.15) is 21.6 Å². The van der Waals surface area contributed by atoms with E-state index in [1.165, 1.54) is 6.07 Å². The zero-order valence-corrected chi connectivity index (χ0v) is 12.3. The number of fused-ring (bicyclic) bond motifs is 5. The monoisotopic (exact) mass is 295 g/mol. The molecular weight excluding hydrogens is 281 g/mol. The number of rotatable bonds is 0. The lowest BCUT2D eigenvalue weighted by Gasteiger charge is -2.14. The Labute approximate surface area is 126 Å². The number of hydrogen-bond acceptors (Lipinski definition) is 2. The predicted molar refractivity (Wildman–Crippen MR) is 81.6 cm³/mol. The van der Waals surface area contributed by atoms with Crippen LogP contribution in [0.4, 0.5) is 4.39 Å². The highest BCUT2D eigenvalue weighted by Crippen LogP contribution is 2.29. The first-order valence-electron chi connectivity index (χ1n) is 7.09. The Morgan fingerprint density at radius 1 is 1.23 bits per heavy atom. The minimum Gasteiger partial charge on any atom is -0.336 e. The van der Waals surface area contributed by atoms with Crippen molar-refractivity contribution < 1.29 is 9.18 Å². The maximum Gasteiger partial charge on any atom is 0.273 e. The van der Waals surface area contributed by atoms with Crippen molar-refractivity contribution in [2.45, 2.75) is 13.5 Å². The van der Waals surface area contributed by atoms with Crippen LogP contribution in [0.2, 0.25) is 0 Å². The second kappa shape index (κ2) is 4.40. The van der Waals surface area contributed by atoms with Gasteiger partial charge in [0.2, 0.25) is 0 Å². The van der Waals surface area contributed by atoms with E-state index in [0.29, 0.717) is 28.7 Å². The van der Waals surface area contributed by atoms with Crippen LogP contribution in [0.5, 0.6) is 0 Å². The molecule has 0 saturated carbocycles. The zero-order valence-electron chi connectivity index (χ0n) is 12.3. The summed E-state index contributed by atoms with van der Waals surface area (Å²) in [6, 6.07) is 10.9. The summed E-state index contributed by atoms with van der Waals surface area (Å²) in [7, 11) is 1.77. The van der Waals surface area contributed by atoms with Gasteiger partial charge in [-0.3, -0.25) is 4.79 Å². The summed E-state index contributed by atoms with van der Waals surface area (Å²) >= 11 is 0. The molecule has 4 rings (SSSR count). The minimum absolute atomic E-state index is 0.107. The standard InChI is InChI=1S/C17H14FN3O/c1-10-7-12-14(8-13(10)18)19-21-15-6-4-3-5-11(15)9-20(2)17(22)16(12)21/h3-8H,9H2,1-2H3. The van der Waals surface area contributed by atoms with Gasteiger partial charge in [-0.2, -0.15) is 5.10 Å². The van der Waals surface area contributed by atoms with Gasteiger partial charge in [0.1, 0.15) is 11.5 Å². The van der Waals surface area contributed by atoms with Crippen molar-refractivity contribution in [2.75, 3.05) is 7.05 Å². The normalized spacial score (nSPS) is 14.0. The highest BCUT2D eigenvalue weighted by Gasteiger charge is 2.27. The summed E-state index contributed by atoms with van der Waals surface area (Å²) in [6.07, 6.45) is 0. The van der Waals surface area contributed by atoms with E-state index in [4.69, 9.17) is 0 Å².